The van der Waals surface area contributed by atoms with Crippen molar-refractivity contribution in [3.05, 3.63) is 64.2 Å². The molecule has 1 radical (unpaired) electrons. The van der Waals surface area contributed by atoms with Gasteiger partial charge in [0, 0.05) is 12.1 Å². The van der Waals surface area contributed by atoms with E-state index in [1.807, 2.05) is 25.1 Å². The Hall–Kier alpha value is -2.16. The fourth-order valence-corrected chi connectivity index (χ4v) is 1.60. The molecule has 0 aromatic heterocycles. The van der Waals surface area contributed by atoms with E-state index in [9.17, 15) is 10.1 Å². The molecule has 0 N–H and O–H groups in total. The van der Waals surface area contributed by atoms with E-state index in [4.69, 9.17) is 0 Å². The van der Waals surface area contributed by atoms with Crippen molar-refractivity contribution < 1.29 is 4.92 Å². The molecule has 0 atom stereocenters. The van der Waals surface area contributed by atoms with Gasteiger partial charge in [-0.25, -0.2) is 0 Å². The molecule has 0 heterocycles. The van der Waals surface area contributed by atoms with Crippen LogP contribution in [-0.2, 0) is 0 Å². The molecule has 0 saturated heterocycles. The second-order valence-corrected chi connectivity index (χ2v) is 3.55. The number of nitro benzene ring substituents is 1. The summed E-state index contributed by atoms with van der Waals surface area (Å²) in [4.78, 5) is 10.3. The molecular formula is C13H10NO2. The van der Waals surface area contributed by atoms with Gasteiger partial charge in [0.15, 0.2) is 0 Å². The lowest BCUT2D eigenvalue weighted by atomic mass is 10.0. The van der Waals surface area contributed by atoms with Crippen molar-refractivity contribution in [2.75, 3.05) is 0 Å². The molecule has 2 aromatic rings. The summed E-state index contributed by atoms with van der Waals surface area (Å²) in [5.74, 6) is 0. The van der Waals surface area contributed by atoms with Crippen LogP contribution in [0.2, 0.25) is 0 Å². The number of nitro groups is 1. The summed E-state index contributed by atoms with van der Waals surface area (Å²) in [6, 6.07) is 15.3. The van der Waals surface area contributed by atoms with Crippen molar-refractivity contribution in [1.29, 1.82) is 0 Å². The molecule has 3 heteroatoms. The topological polar surface area (TPSA) is 43.1 Å². The molecule has 0 spiro atoms. The zero-order valence-electron chi connectivity index (χ0n) is 8.81. The lowest BCUT2D eigenvalue weighted by Gasteiger charge is -2.05. The molecule has 0 amide bonds. The summed E-state index contributed by atoms with van der Waals surface area (Å²) in [6.07, 6.45) is 0. The fraction of sp³-hybridized carbons (Fsp3) is 0.0769. The Kier molecular flexibility index (Phi) is 2.68. The van der Waals surface area contributed by atoms with E-state index in [0.717, 1.165) is 16.7 Å². The average molecular weight is 212 g/mol. The molecule has 0 bridgehead atoms. The van der Waals surface area contributed by atoms with Crippen molar-refractivity contribution in [3.8, 4) is 11.1 Å². The SMILES string of the molecule is Cc1ccc([N+](=O)[O-])cc1-c1c[c]ccc1. The van der Waals surface area contributed by atoms with Gasteiger partial charge >= 0.3 is 0 Å². The zero-order valence-corrected chi connectivity index (χ0v) is 8.81. The highest BCUT2D eigenvalue weighted by atomic mass is 16.6. The van der Waals surface area contributed by atoms with E-state index < -0.39 is 0 Å². The Morgan fingerprint density at radius 1 is 1.31 bits per heavy atom. The molecule has 0 aliphatic carbocycles. The number of hydrogen-bond donors (Lipinski definition) is 0. The number of benzene rings is 2. The average Bonchev–Trinajstić information content (AvgIpc) is 2.30. The second kappa shape index (κ2) is 4.14. The third-order valence-electron chi connectivity index (χ3n) is 2.45. The predicted octanol–water partition coefficient (Wildman–Crippen LogP) is 3.37. The summed E-state index contributed by atoms with van der Waals surface area (Å²) in [5, 5.41) is 10.7. The largest absolute Gasteiger partial charge is 0.270 e. The van der Waals surface area contributed by atoms with E-state index >= 15 is 0 Å². The first-order valence-corrected chi connectivity index (χ1v) is 4.90. The Morgan fingerprint density at radius 3 is 2.75 bits per heavy atom. The number of aryl methyl sites for hydroxylation is 1. The number of nitrogens with zero attached hydrogens (tertiary/aromatic N) is 1. The van der Waals surface area contributed by atoms with Gasteiger partial charge in [-0.05, 0) is 35.7 Å². The van der Waals surface area contributed by atoms with E-state index in [1.165, 1.54) is 6.07 Å². The molecule has 0 saturated carbocycles. The van der Waals surface area contributed by atoms with Crippen LogP contribution in [0.3, 0.4) is 0 Å². The van der Waals surface area contributed by atoms with E-state index in [0.29, 0.717) is 0 Å². The molecule has 3 nitrogen and oxygen atoms in total. The summed E-state index contributed by atoms with van der Waals surface area (Å²) < 4.78 is 0. The monoisotopic (exact) mass is 212 g/mol. The molecule has 0 aliphatic rings. The first kappa shape index (κ1) is 10.4. The van der Waals surface area contributed by atoms with Gasteiger partial charge < -0.3 is 0 Å². The van der Waals surface area contributed by atoms with Gasteiger partial charge in [-0.3, -0.25) is 10.1 Å². The second-order valence-electron chi connectivity index (χ2n) is 3.55. The maximum absolute atomic E-state index is 10.7. The maximum Gasteiger partial charge on any atom is 0.270 e. The summed E-state index contributed by atoms with van der Waals surface area (Å²) in [6.45, 7) is 1.94. The normalized spacial score (nSPS) is 10.1. The summed E-state index contributed by atoms with van der Waals surface area (Å²) >= 11 is 0. The van der Waals surface area contributed by atoms with Crippen molar-refractivity contribution in [1.82, 2.24) is 0 Å². The molecule has 0 fully saturated rings. The van der Waals surface area contributed by atoms with Gasteiger partial charge in [0.2, 0.25) is 0 Å². The van der Waals surface area contributed by atoms with Gasteiger partial charge in [0.25, 0.3) is 5.69 Å². The van der Waals surface area contributed by atoms with E-state index in [1.54, 1.807) is 18.2 Å². The Labute approximate surface area is 93.5 Å². The zero-order chi connectivity index (χ0) is 11.5. The van der Waals surface area contributed by atoms with Crippen molar-refractivity contribution in [3.63, 3.8) is 0 Å². The maximum atomic E-state index is 10.7. The molecule has 0 unspecified atom stereocenters. The highest BCUT2D eigenvalue weighted by Gasteiger charge is 2.09. The summed E-state index contributed by atoms with van der Waals surface area (Å²) in [7, 11) is 0. The van der Waals surface area contributed by atoms with Gasteiger partial charge in [0.05, 0.1) is 4.92 Å². The first-order valence-electron chi connectivity index (χ1n) is 4.90. The van der Waals surface area contributed by atoms with Crippen molar-refractivity contribution in [2.24, 2.45) is 0 Å². The minimum absolute atomic E-state index is 0.115. The Balaban J connectivity index is 2.56. The van der Waals surface area contributed by atoms with Crippen LogP contribution >= 0.6 is 0 Å². The summed E-state index contributed by atoms with van der Waals surface area (Å²) in [5.41, 5.74) is 2.96. The van der Waals surface area contributed by atoms with Crippen LogP contribution in [0.1, 0.15) is 5.56 Å². The van der Waals surface area contributed by atoms with Crippen molar-refractivity contribution in [2.45, 2.75) is 6.92 Å². The van der Waals surface area contributed by atoms with Crippen LogP contribution in [0, 0.1) is 23.1 Å². The molecule has 16 heavy (non-hydrogen) atoms. The lowest BCUT2D eigenvalue weighted by Crippen LogP contribution is -1.90. The fourth-order valence-electron chi connectivity index (χ4n) is 1.60. The Morgan fingerprint density at radius 2 is 2.12 bits per heavy atom. The first-order chi connectivity index (χ1) is 7.68. The van der Waals surface area contributed by atoms with Crippen LogP contribution in [-0.4, -0.2) is 4.92 Å². The highest BCUT2D eigenvalue weighted by molar-refractivity contribution is 5.69. The van der Waals surface area contributed by atoms with Gasteiger partial charge in [-0.1, -0.05) is 24.3 Å². The third kappa shape index (κ3) is 1.93. The highest BCUT2D eigenvalue weighted by Crippen LogP contribution is 2.26. The van der Waals surface area contributed by atoms with Crippen LogP contribution in [0.15, 0.2) is 42.5 Å². The van der Waals surface area contributed by atoms with E-state index in [-0.39, 0.29) is 10.6 Å². The molecule has 0 aliphatic heterocycles. The van der Waals surface area contributed by atoms with Gasteiger partial charge in [0.1, 0.15) is 0 Å². The van der Waals surface area contributed by atoms with E-state index in [2.05, 4.69) is 6.07 Å². The number of non-ortho nitro benzene ring substituents is 1. The molecule has 79 valence electrons. The lowest BCUT2D eigenvalue weighted by molar-refractivity contribution is -0.384. The van der Waals surface area contributed by atoms with Crippen LogP contribution in [0.25, 0.3) is 11.1 Å². The predicted molar refractivity (Wildman–Crippen MR) is 62.1 cm³/mol. The number of rotatable bonds is 2. The smallest absolute Gasteiger partial charge is 0.258 e. The minimum Gasteiger partial charge on any atom is -0.258 e. The van der Waals surface area contributed by atoms with Gasteiger partial charge in [-0.15, -0.1) is 0 Å². The quantitative estimate of drug-likeness (QED) is 0.565. The van der Waals surface area contributed by atoms with Crippen LogP contribution in [0.5, 0.6) is 0 Å². The molecule has 2 aromatic carbocycles. The van der Waals surface area contributed by atoms with Crippen LogP contribution in [0.4, 0.5) is 5.69 Å². The molecule has 2 rings (SSSR count). The number of hydrogen-bond acceptors (Lipinski definition) is 2. The standard InChI is InChI=1S/C13H10NO2/c1-10-7-8-12(14(15)16)9-13(10)11-5-3-2-4-6-11/h2-3,5-9H,1H3. The molecular weight excluding hydrogens is 202 g/mol. The minimum atomic E-state index is -0.379. The van der Waals surface area contributed by atoms with Crippen LogP contribution < -0.4 is 0 Å². The third-order valence-corrected chi connectivity index (χ3v) is 2.45. The van der Waals surface area contributed by atoms with Crippen molar-refractivity contribution >= 4 is 5.69 Å². The van der Waals surface area contributed by atoms with Gasteiger partial charge in [-0.2, -0.15) is 0 Å². The Bertz CT molecular complexity index is 521.